The lowest BCUT2D eigenvalue weighted by atomic mass is 10.1. The second-order valence-corrected chi connectivity index (χ2v) is 5.66. The van der Waals surface area contributed by atoms with E-state index < -0.39 is 6.10 Å². The third-order valence-corrected chi connectivity index (χ3v) is 3.76. The smallest absolute Gasteiger partial charge is 0.0781 e. The molecule has 1 aromatic rings. The summed E-state index contributed by atoms with van der Waals surface area (Å²) in [5.41, 5.74) is 2.07. The summed E-state index contributed by atoms with van der Waals surface area (Å²) in [7, 11) is 0. The van der Waals surface area contributed by atoms with E-state index in [1.807, 2.05) is 31.2 Å². The Bertz CT molecular complexity index is 349. The topological polar surface area (TPSA) is 32.3 Å². The SMILES string of the molecule is CCCCCCCCCCNc1ccccc1C(C)O. The second kappa shape index (κ2) is 10.7. The maximum Gasteiger partial charge on any atom is 0.0781 e. The number of para-hydroxylation sites is 1. The van der Waals surface area contributed by atoms with Crippen LogP contribution in [0.4, 0.5) is 5.69 Å². The van der Waals surface area contributed by atoms with Gasteiger partial charge in [0.15, 0.2) is 0 Å². The number of unbranched alkanes of at least 4 members (excludes halogenated alkanes) is 7. The van der Waals surface area contributed by atoms with Gasteiger partial charge in [-0.1, -0.05) is 70.1 Å². The average Bonchev–Trinajstić information content (AvgIpc) is 2.46. The Morgan fingerprint density at radius 1 is 0.950 bits per heavy atom. The van der Waals surface area contributed by atoms with Crippen LogP contribution < -0.4 is 5.32 Å². The normalized spacial score (nSPS) is 12.3. The minimum Gasteiger partial charge on any atom is -0.389 e. The zero-order chi connectivity index (χ0) is 14.6. The highest BCUT2D eigenvalue weighted by molar-refractivity contribution is 5.51. The fraction of sp³-hybridized carbons (Fsp3) is 0.667. The predicted molar refractivity (Wildman–Crippen MR) is 88.2 cm³/mol. The lowest BCUT2D eigenvalue weighted by Gasteiger charge is -2.13. The molecule has 0 fully saturated rings. The molecule has 1 aromatic carbocycles. The summed E-state index contributed by atoms with van der Waals surface area (Å²) >= 11 is 0. The van der Waals surface area contributed by atoms with Gasteiger partial charge >= 0.3 is 0 Å². The molecule has 2 N–H and O–H groups in total. The van der Waals surface area contributed by atoms with E-state index in [2.05, 4.69) is 12.2 Å². The molecule has 0 aliphatic carbocycles. The number of benzene rings is 1. The lowest BCUT2D eigenvalue weighted by Crippen LogP contribution is -2.05. The number of nitrogens with one attached hydrogen (secondary N) is 1. The van der Waals surface area contributed by atoms with Gasteiger partial charge in [-0.05, 0) is 19.4 Å². The molecule has 2 nitrogen and oxygen atoms in total. The van der Waals surface area contributed by atoms with Gasteiger partial charge in [0.2, 0.25) is 0 Å². The van der Waals surface area contributed by atoms with E-state index in [9.17, 15) is 5.11 Å². The summed E-state index contributed by atoms with van der Waals surface area (Å²) in [5.74, 6) is 0. The van der Waals surface area contributed by atoms with Crippen LogP contribution in [0.5, 0.6) is 0 Å². The van der Waals surface area contributed by atoms with E-state index in [0.29, 0.717) is 0 Å². The number of aliphatic hydroxyl groups excluding tert-OH is 1. The van der Waals surface area contributed by atoms with E-state index in [1.54, 1.807) is 0 Å². The molecule has 0 aliphatic rings. The molecule has 0 saturated heterocycles. The number of anilines is 1. The highest BCUT2D eigenvalue weighted by Gasteiger charge is 2.05. The highest BCUT2D eigenvalue weighted by atomic mass is 16.3. The zero-order valence-electron chi connectivity index (χ0n) is 13.2. The molecule has 114 valence electrons. The van der Waals surface area contributed by atoms with Crippen LogP contribution in [0.3, 0.4) is 0 Å². The molecule has 0 heterocycles. The van der Waals surface area contributed by atoms with Crippen molar-refractivity contribution >= 4 is 5.69 Å². The lowest BCUT2D eigenvalue weighted by molar-refractivity contribution is 0.200. The Morgan fingerprint density at radius 3 is 2.20 bits per heavy atom. The molecular formula is C18H31NO. The summed E-state index contributed by atoms with van der Waals surface area (Å²) < 4.78 is 0. The Hall–Kier alpha value is -1.02. The minimum absolute atomic E-state index is 0.405. The molecule has 0 radical (unpaired) electrons. The van der Waals surface area contributed by atoms with Crippen LogP contribution in [-0.4, -0.2) is 11.7 Å². The molecule has 1 unspecified atom stereocenters. The van der Waals surface area contributed by atoms with Crippen molar-refractivity contribution in [1.82, 2.24) is 0 Å². The maximum atomic E-state index is 9.71. The van der Waals surface area contributed by atoms with Gasteiger partial charge in [-0.2, -0.15) is 0 Å². The number of hydrogen-bond acceptors (Lipinski definition) is 2. The van der Waals surface area contributed by atoms with Crippen molar-refractivity contribution in [2.75, 3.05) is 11.9 Å². The zero-order valence-corrected chi connectivity index (χ0v) is 13.2. The van der Waals surface area contributed by atoms with Crippen LogP contribution in [0.1, 0.15) is 76.9 Å². The fourth-order valence-corrected chi connectivity index (χ4v) is 2.50. The predicted octanol–water partition coefficient (Wildman–Crippen LogP) is 5.29. The first-order chi connectivity index (χ1) is 9.75. The van der Waals surface area contributed by atoms with Crippen LogP contribution in [0.2, 0.25) is 0 Å². The Labute approximate surface area is 124 Å². The molecule has 20 heavy (non-hydrogen) atoms. The molecule has 0 aliphatic heterocycles. The molecule has 0 bridgehead atoms. The van der Waals surface area contributed by atoms with E-state index in [4.69, 9.17) is 0 Å². The first-order valence-electron chi connectivity index (χ1n) is 8.26. The summed E-state index contributed by atoms with van der Waals surface area (Å²) in [6.45, 7) is 5.08. The third-order valence-electron chi connectivity index (χ3n) is 3.76. The third kappa shape index (κ3) is 6.95. The monoisotopic (exact) mass is 277 g/mol. The van der Waals surface area contributed by atoms with Crippen molar-refractivity contribution in [3.63, 3.8) is 0 Å². The van der Waals surface area contributed by atoms with Crippen LogP contribution >= 0.6 is 0 Å². The molecule has 1 atom stereocenters. The minimum atomic E-state index is -0.405. The van der Waals surface area contributed by atoms with Gasteiger partial charge in [0.25, 0.3) is 0 Å². The largest absolute Gasteiger partial charge is 0.389 e. The quantitative estimate of drug-likeness (QED) is 0.538. The van der Waals surface area contributed by atoms with Gasteiger partial charge in [-0.25, -0.2) is 0 Å². The summed E-state index contributed by atoms with van der Waals surface area (Å²) in [6, 6.07) is 8.03. The first-order valence-corrected chi connectivity index (χ1v) is 8.26. The number of aliphatic hydroxyl groups is 1. The van der Waals surface area contributed by atoms with Crippen molar-refractivity contribution in [2.24, 2.45) is 0 Å². The molecule has 0 saturated carbocycles. The van der Waals surface area contributed by atoms with Gasteiger partial charge in [-0.3, -0.25) is 0 Å². The van der Waals surface area contributed by atoms with Gasteiger partial charge in [0.1, 0.15) is 0 Å². The van der Waals surface area contributed by atoms with Crippen molar-refractivity contribution in [1.29, 1.82) is 0 Å². The molecule has 2 heteroatoms. The van der Waals surface area contributed by atoms with Crippen molar-refractivity contribution in [2.45, 2.75) is 71.3 Å². The van der Waals surface area contributed by atoms with E-state index in [-0.39, 0.29) is 0 Å². The average molecular weight is 277 g/mol. The van der Waals surface area contributed by atoms with Gasteiger partial charge < -0.3 is 10.4 Å². The van der Waals surface area contributed by atoms with Crippen molar-refractivity contribution in [3.8, 4) is 0 Å². The number of hydrogen-bond donors (Lipinski definition) is 2. The van der Waals surface area contributed by atoms with Crippen LogP contribution in [-0.2, 0) is 0 Å². The van der Waals surface area contributed by atoms with Gasteiger partial charge in [-0.15, -0.1) is 0 Å². The Balaban J connectivity index is 2.10. The van der Waals surface area contributed by atoms with Crippen molar-refractivity contribution < 1.29 is 5.11 Å². The molecule has 0 amide bonds. The summed E-state index contributed by atoms with van der Waals surface area (Å²) in [5, 5.41) is 13.2. The standard InChI is InChI=1S/C18H31NO/c1-3-4-5-6-7-8-9-12-15-19-18-14-11-10-13-17(18)16(2)20/h10-11,13-14,16,19-20H,3-9,12,15H2,1-2H3. The van der Waals surface area contributed by atoms with E-state index in [0.717, 1.165) is 17.8 Å². The molecule has 0 spiro atoms. The van der Waals surface area contributed by atoms with Gasteiger partial charge in [0.05, 0.1) is 6.10 Å². The molecular weight excluding hydrogens is 246 g/mol. The van der Waals surface area contributed by atoms with Crippen LogP contribution in [0, 0.1) is 0 Å². The summed E-state index contributed by atoms with van der Waals surface area (Å²) in [4.78, 5) is 0. The van der Waals surface area contributed by atoms with Crippen LogP contribution in [0.15, 0.2) is 24.3 Å². The van der Waals surface area contributed by atoms with Crippen LogP contribution in [0.25, 0.3) is 0 Å². The highest BCUT2D eigenvalue weighted by Crippen LogP contribution is 2.22. The Kier molecular flexibility index (Phi) is 9.14. The molecule has 1 rings (SSSR count). The second-order valence-electron chi connectivity index (χ2n) is 5.66. The van der Waals surface area contributed by atoms with E-state index >= 15 is 0 Å². The van der Waals surface area contributed by atoms with Gasteiger partial charge in [0, 0.05) is 17.8 Å². The van der Waals surface area contributed by atoms with Crippen molar-refractivity contribution in [3.05, 3.63) is 29.8 Å². The maximum absolute atomic E-state index is 9.71. The first kappa shape index (κ1) is 17.0. The Morgan fingerprint density at radius 2 is 1.55 bits per heavy atom. The molecule has 0 aromatic heterocycles. The van der Waals surface area contributed by atoms with E-state index in [1.165, 1.54) is 51.4 Å². The number of rotatable bonds is 11. The summed E-state index contributed by atoms with van der Waals surface area (Å²) in [6.07, 6.45) is 10.3. The fourth-order valence-electron chi connectivity index (χ4n) is 2.50.